The second-order valence-electron chi connectivity index (χ2n) is 6.66. The van der Waals surface area contributed by atoms with Crippen LogP contribution >= 0.6 is 0 Å². The van der Waals surface area contributed by atoms with Gasteiger partial charge in [-0.25, -0.2) is 4.39 Å². The van der Waals surface area contributed by atoms with Gasteiger partial charge in [0.25, 0.3) is 0 Å². The zero-order chi connectivity index (χ0) is 17.1. The van der Waals surface area contributed by atoms with Gasteiger partial charge >= 0.3 is 0 Å². The SMILES string of the molecule is CN1CC(C(=O)N(Cc2cccc(F)c2)CC2CCCO2)CC1=O. The van der Waals surface area contributed by atoms with Crippen LogP contribution in [0.2, 0.25) is 0 Å². The highest BCUT2D eigenvalue weighted by Gasteiger charge is 2.35. The average molecular weight is 334 g/mol. The minimum absolute atomic E-state index is 0.00354. The summed E-state index contributed by atoms with van der Waals surface area (Å²) in [7, 11) is 1.71. The molecule has 6 heteroatoms. The maximum absolute atomic E-state index is 13.4. The molecule has 2 amide bonds. The summed E-state index contributed by atoms with van der Waals surface area (Å²) in [5.74, 6) is -0.686. The molecule has 2 aliphatic heterocycles. The van der Waals surface area contributed by atoms with Crippen LogP contribution < -0.4 is 0 Å². The molecule has 0 N–H and O–H groups in total. The first-order chi connectivity index (χ1) is 11.5. The molecule has 2 heterocycles. The Bertz CT molecular complexity index is 616. The summed E-state index contributed by atoms with van der Waals surface area (Å²) in [5.41, 5.74) is 0.749. The number of benzene rings is 1. The minimum Gasteiger partial charge on any atom is -0.376 e. The highest BCUT2D eigenvalue weighted by molar-refractivity contribution is 5.89. The predicted molar refractivity (Wildman–Crippen MR) is 86.5 cm³/mol. The molecular weight excluding hydrogens is 311 g/mol. The van der Waals surface area contributed by atoms with E-state index in [1.54, 1.807) is 22.9 Å². The second kappa shape index (κ2) is 7.30. The topological polar surface area (TPSA) is 49.9 Å². The van der Waals surface area contributed by atoms with E-state index in [1.807, 2.05) is 6.07 Å². The Morgan fingerprint density at radius 2 is 2.29 bits per heavy atom. The Morgan fingerprint density at radius 1 is 1.46 bits per heavy atom. The van der Waals surface area contributed by atoms with Gasteiger partial charge < -0.3 is 14.5 Å². The van der Waals surface area contributed by atoms with Crippen molar-refractivity contribution in [3.63, 3.8) is 0 Å². The summed E-state index contributed by atoms with van der Waals surface area (Å²) >= 11 is 0. The zero-order valence-corrected chi connectivity index (χ0v) is 13.9. The molecular formula is C18H23FN2O3. The van der Waals surface area contributed by atoms with Gasteiger partial charge in [-0.1, -0.05) is 12.1 Å². The number of carbonyl (C=O) groups is 2. The maximum atomic E-state index is 13.4. The lowest BCUT2D eigenvalue weighted by atomic mass is 10.1. The molecule has 1 aromatic rings. The normalized spacial score (nSPS) is 23.8. The van der Waals surface area contributed by atoms with Crippen molar-refractivity contribution in [3.05, 3.63) is 35.6 Å². The first-order valence-electron chi connectivity index (χ1n) is 8.41. The number of hydrogen-bond donors (Lipinski definition) is 0. The lowest BCUT2D eigenvalue weighted by molar-refractivity contribution is -0.138. The van der Waals surface area contributed by atoms with E-state index in [2.05, 4.69) is 0 Å². The van der Waals surface area contributed by atoms with Crippen molar-refractivity contribution < 1.29 is 18.7 Å². The number of hydrogen-bond acceptors (Lipinski definition) is 3. The number of likely N-dealkylation sites (tertiary alicyclic amines) is 1. The Hall–Kier alpha value is -1.95. The van der Waals surface area contributed by atoms with Gasteiger partial charge in [0.15, 0.2) is 0 Å². The standard InChI is InChI=1S/C18H23FN2O3/c1-20-11-14(9-17(20)22)18(23)21(12-16-6-3-7-24-16)10-13-4-2-5-15(19)8-13/h2,4-5,8,14,16H,3,6-7,9-12H2,1H3. The predicted octanol–water partition coefficient (Wildman–Crippen LogP) is 1.81. The van der Waals surface area contributed by atoms with E-state index in [4.69, 9.17) is 4.74 Å². The van der Waals surface area contributed by atoms with Crippen LogP contribution in [0.4, 0.5) is 4.39 Å². The van der Waals surface area contributed by atoms with E-state index >= 15 is 0 Å². The van der Waals surface area contributed by atoms with Crippen LogP contribution in [0.25, 0.3) is 0 Å². The largest absolute Gasteiger partial charge is 0.376 e. The fraction of sp³-hybridized carbons (Fsp3) is 0.556. The molecule has 2 saturated heterocycles. The summed E-state index contributed by atoms with van der Waals surface area (Å²) in [5, 5.41) is 0. The lowest BCUT2D eigenvalue weighted by Crippen LogP contribution is -2.41. The molecule has 1 aromatic carbocycles. The van der Waals surface area contributed by atoms with Gasteiger partial charge in [-0.15, -0.1) is 0 Å². The van der Waals surface area contributed by atoms with Gasteiger partial charge in [-0.05, 0) is 30.5 Å². The number of carbonyl (C=O) groups excluding carboxylic acids is 2. The van der Waals surface area contributed by atoms with E-state index in [0.29, 0.717) is 19.6 Å². The first kappa shape index (κ1) is 16.9. The molecule has 0 aromatic heterocycles. The van der Waals surface area contributed by atoms with Crippen molar-refractivity contribution >= 4 is 11.8 Å². The van der Waals surface area contributed by atoms with E-state index in [0.717, 1.165) is 25.0 Å². The molecule has 5 nitrogen and oxygen atoms in total. The van der Waals surface area contributed by atoms with Crippen LogP contribution in [0.15, 0.2) is 24.3 Å². The van der Waals surface area contributed by atoms with Gasteiger partial charge in [0.05, 0.1) is 12.0 Å². The van der Waals surface area contributed by atoms with E-state index in [9.17, 15) is 14.0 Å². The van der Waals surface area contributed by atoms with E-state index < -0.39 is 0 Å². The Balaban J connectivity index is 1.73. The number of rotatable bonds is 5. The van der Waals surface area contributed by atoms with Crippen LogP contribution in [0.3, 0.4) is 0 Å². The van der Waals surface area contributed by atoms with Crippen LogP contribution in [-0.2, 0) is 20.9 Å². The molecule has 2 aliphatic rings. The highest BCUT2D eigenvalue weighted by Crippen LogP contribution is 2.22. The Labute approximate surface area is 141 Å². The molecule has 0 spiro atoms. The monoisotopic (exact) mass is 334 g/mol. The maximum Gasteiger partial charge on any atom is 0.228 e. The number of amides is 2. The van der Waals surface area contributed by atoms with Gasteiger partial charge in [-0.2, -0.15) is 0 Å². The molecule has 2 atom stereocenters. The van der Waals surface area contributed by atoms with Crippen LogP contribution in [0, 0.1) is 11.7 Å². The van der Waals surface area contributed by atoms with Crippen LogP contribution in [0.5, 0.6) is 0 Å². The third kappa shape index (κ3) is 3.93. The van der Waals surface area contributed by atoms with E-state index in [1.165, 1.54) is 12.1 Å². The summed E-state index contributed by atoms with van der Waals surface area (Å²) in [6.07, 6.45) is 2.20. The minimum atomic E-state index is -0.322. The number of ether oxygens (including phenoxy) is 1. The number of nitrogens with zero attached hydrogens (tertiary/aromatic N) is 2. The molecule has 3 rings (SSSR count). The van der Waals surface area contributed by atoms with Crippen molar-refractivity contribution in [2.24, 2.45) is 5.92 Å². The van der Waals surface area contributed by atoms with Crippen molar-refractivity contribution in [1.29, 1.82) is 0 Å². The van der Waals surface area contributed by atoms with Gasteiger partial charge in [0.2, 0.25) is 11.8 Å². The highest BCUT2D eigenvalue weighted by atomic mass is 19.1. The molecule has 130 valence electrons. The Morgan fingerprint density at radius 3 is 2.92 bits per heavy atom. The fourth-order valence-electron chi connectivity index (χ4n) is 3.41. The quantitative estimate of drug-likeness (QED) is 0.825. The molecule has 0 saturated carbocycles. The van der Waals surface area contributed by atoms with Crippen molar-refractivity contribution in [3.8, 4) is 0 Å². The summed E-state index contributed by atoms with van der Waals surface area (Å²) in [6, 6.07) is 6.29. The molecule has 0 aliphatic carbocycles. The van der Waals surface area contributed by atoms with Crippen LogP contribution in [-0.4, -0.2) is 54.5 Å². The third-order valence-corrected chi connectivity index (χ3v) is 4.71. The van der Waals surface area contributed by atoms with Crippen molar-refractivity contribution in [1.82, 2.24) is 9.80 Å². The van der Waals surface area contributed by atoms with Gasteiger partial charge in [0, 0.05) is 39.7 Å². The molecule has 2 unspecified atom stereocenters. The summed E-state index contributed by atoms with van der Waals surface area (Å²) in [6.45, 7) is 1.99. The van der Waals surface area contributed by atoms with E-state index in [-0.39, 0.29) is 36.1 Å². The van der Waals surface area contributed by atoms with Gasteiger partial charge in [-0.3, -0.25) is 9.59 Å². The Kier molecular flexibility index (Phi) is 5.14. The molecule has 0 radical (unpaired) electrons. The fourth-order valence-corrected chi connectivity index (χ4v) is 3.41. The molecule has 24 heavy (non-hydrogen) atoms. The third-order valence-electron chi connectivity index (χ3n) is 4.71. The first-order valence-corrected chi connectivity index (χ1v) is 8.41. The number of halogens is 1. The molecule has 2 fully saturated rings. The van der Waals surface area contributed by atoms with Crippen molar-refractivity contribution in [2.45, 2.75) is 31.9 Å². The summed E-state index contributed by atoms with van der Waals surface area (Å²) in [4.78, 5) is 28.0. The summed E-state index contributed by atoms with van der Waals surface area (Å²) < 4.78 is 19.1. The zero-order valence-electron chi connectivity index (χ0n) is 13.9. The molecule has 0 bridgehead atoms. The second-order valence-corrected chi connectivity index (χ2v) is 6.66. The van der Waals surface area contributed by atoms with Crippen LogP contribution in [0.1, 0.15) is 24.8 Å². The van der Waals surface area contributed by atoms with Crippen molar-refractivity contribution in [2.75, 3.05) is 26.7 Å². The van der Waals surface area contributed by atoms with Gasteiger partial charge in [0.1, 0.15) is 5.82 Å². The lowest BCUT2D eigenvalue weighted by Gasteiger charge is -2.28. The smallest absolute Gasteiger partial charge is 0.228 e. The average Bonchev–Trinajstić information content (AvgIpc) is 3.16.